The lowest BCUT2D eigenvalue weighted by Gasteiger charge is -2.33. The average molecular weight is 439 g/mol. The molecule has 0 bridgehead atoms. The van der Waals surface area contributed by atoms with E-state index in [0.29, 0.717) is 13.1 Å². The minimum absolute atomic E-state index is 0.0912. The predicted octanol–water partition coefficient (Wildman–Crippen LogP) is 6.13. The zero-order valence-electron chi connectivity index (χ0n) is 18.6. The van der Waals surface area contributed by atoms with Crippen LogP contribution in [0.15, 0.2) is 59.6 Å². The van der Waals surface area contributed by atoms with Gasteiger partial charge in [-0.15, -0.1) is 11.8 Å². The fourth-order valence-electron chi connectivity index (χ4n) is 3.87. The fourth-order valence-corrected chi connectivity index (χ4v) is 4.28. The number of thioether (sulfide) groups is 1. The summed E-state index contributed by atoms with van der Waals surface area (Å²) in [6.45, 7) is 6.98. The second kappa shape index (κ2) is 8.87. The van der Waals surface area contributed by atoms with Crippen molar-refractivity contribution in [1.29, 1.82) is 0 Å². The molecule has 31 heavy (non-hydrogen) atoms. The van der Waals surface area contributed by atoms with Crippen molar-refractivity contribution < 1.29 is 14.3 Å². The van der Waals surface area contributed by atoms with Crippen molar-refractivity contribution in [2.24, 2.45) is 0 Å². The van der Waals surface area contributed by atoms with E-state index < -0.39 is 5.60 Å². The van der Waals surface area contributed by atoms with Crippen LogP contribution >= 0.6 is 11.8 Å². The monoisotopic (exact) mass is 438 g/mol. The molecule has 0 unspecified atom stereocenters. The third-order valence-electron chi connectivity index (χ3n) is 5.43. The van der Waals surface area contributed by atoms with Gasteiger partial charge in [0, 0.05) is 48.1 Å². The Kier molecular flexibility index (Phi) is 6.19. The maximum Gasteiger partial charge on any atom is 0.410 e. The summed E-state index contributed by atoms with van der Waals surface area (Å²) < 4.78 is 14.1. The van der Waals surface area contributed by atoms with Crippen LogP contribution in [-0.4, -0.2) is 46.6 Å². The van der Waals surface area contributed by atoms with Crippen molar-refractivity contribution in [3.8, 4) is 11.4 Å². The van der Waals surface area contributed by atoms with E-state index in [-0.39, 0.29) is 12.2 Å². The highest BCUT2D eigenvalue weighted by Gasteiger charge is 2.28. The molecular formula is C25H30N2O3S. The van der Waals surface area contributed by atoms with Crippen LogP contribution in [0.25, 0.3) is 16.6 Å². The first-order valence-electron chi connectivity index (χ1n) is 10.7. The summed E-state index contributed by atoms with van der Waals surface area (Å²) >= 11 is 1.74. The molecule has 5 nitrogen and oxygen atoms in total. The van der Waals surface area contributed by atoms with Crippen molar-refractivity contribution in [2.45, 2.75) is 50.2 Å². The Bertz CT molecular complexity index is 1040. The molecule has 1 amide bonds. The van der Waals surface area contributed by atoms with Crippen molar-refractivity contribution in [3.05, 3.63) is 54.7 Å². The van der Waals surface area contributed by atoms with Gasteiger partial charge in [0.05, 0.1) is 5.52 Å². The smallest absolute Gasteiger partial charge is 0.410 e. The first kappa shape index (κ1) is 21.6. The lowest BCUT2D eigenvalue weighted by Crippen LogP contribution is -2.44. The molecule has 4 rings (SSSR count). The van der Waals surface area contributed by atoms with Crippen LogP contribution in [-0.2, 0) is 4.74 Å². The van der Waals surface area contributed by atoms with E-state index in [0.717, 1.165) is 35.2 Å². The van der Waals surface area contributed by atoms with Crippen LogP contribution in [0.1, 0.15) is 33.6 Å². The Morgan fingerprint density at radius 2 is 1.74 bits per heavy atom. The third-order valence-corrected chi connectivity index (χ3v) is 6.17. The molecule has 1 aromatic heterocycles. The van der Waals surface area contributed by atoms with E-state index in [2.05, 4.69) is 53.4 Å². The highest BCUT2D eigenvalue weighted by Crippen LogP contribution is 2.31. The molecule has 1 fully saturated rings. The van der Waals surface area contributed by atoms with Crippen molar-refractivity contribution >= 4 is 28.8 Å². The summed E-state index contributed by atoms with van der Waals surface area (Å²) in [7, 11) is 0. The standard InChI is InChI=1S/C25H30N2O3S/c1-25(2,3)30-24(28)26-15-12-19(13-16-26)29-23-7-5-6-22-21(23)14-17-27(22)18-8-10-20(31-4)11-9-18/h5-11,14,17,19H,12-13,15-16H2,1-4H3. The van der Waals surface area contributed by atoms with Gasteiger partial charge in [-0.25, -0.2) is 4.79 Å². The van der Waals surface area contributed by atoms with Gasteiger partial charge in [0.1, 0.15) is 17.5 Å². The first-order chi connectivity index (χ1) is 14.8. The number of carbonyl (C=O) groups is 1. The molecule has 6 heteroatoms. The number of benzene rings is 2. The predicted molar refractivity (Wildman–Crippen MR) is 127 cm³/mol. The number of rotatable bonds is 4. The van der Waals surface area contributed by atoms with Crippen LogP contribution in [0.4, 0.5) is 4.79 Å². The lowest BCUT2D eigenvalue weighted by molar-refractivity contribution is 0.0128. The molecule has 0 atom stereocenters. The maximum absolute atomic E-state index is 12.3. The number of amides is 1. The number of piperidine rings is 1. The zero-order valence-corrected chi connectivity index (χ0v) is 19.4. The van der Waals surface area contributed by atoms with E-state index >= 15 is 0 Å². The normalized spacial score (nSPS) is 15.3. The van der Waals surface area contributed by atoms with Crippen molar-refractivity contribution in [1.82, 2.24) is 9.47 Å². The highest BCUT2D eigenvalue weighted by molar-refractivity contribution is 7.98. The van der Waals surface area contributed by atoms with Gasteiger partial charge in [0.25, 0.3) is 0 Å². The van der Waals surface area contributed by atoms with Crippen LogP contribution in [0.3, 0.4) is 0 Å². The quantitative estimate of drug-likeness (QED) is 0.460. The SMILES string of the molecule is CSc1ccc(-n2ccc3c(OC4CCN(C(=O)OC(C)(C)C)CC4)cccc32)cc1. The Morgan fingerprint density at radius 3 is 2.39 bits per heavy atom. The van der Waals surface area contributed by atoms with Gasteiger partial charge in [-0.1, -0.05) is 6.07 Å². The third kappa shape index (κ3) is 5.01. The minimum Gasteiger partial charge on any atom is -0.490 e. The summed E-state index contributed by atoms with van der Waals surface area (Å²) in [5, 5.41) is 1.10. The van der Waals surface area contributed by atoms with E-state index in [1.165, 1.54) is 4.90 Å². The van der Waals surface area contributed by atoms with E-state index in [9.17, 15) is 4.79 Å². The Labute approximate surface area is 188 Å². The summed E-state index contributed by atoms with van der Waals surface area (Å²) in [5.41, 5.74) is 1.79. The molecule has 2 heterocycles. The number of fused-ring (bicyclic) bond motifs is 1. The van der Waals surface area contributed by atoms with Crippen LogP contribution < -0.4 is 4.74 Å². The molecule has 0 aliphatic carbocycles. The number of hydrogen-bond donors (Lipinski definition) is 0. The Hall–Kier alpha value is -2.60. The molecule has 1 aliphatic rings. The van der Waals surface area contributed by atoms with E-state index in [1.54, 1.807) is 16.7 Å². The number of hydrogen-bond acceptors (Lipinski definition) is 4. The van der Waals surface area contributed by atoms with Crippen LogP contribution in [0, 0.1) is 0 Å². The molecule has 3 aromatic rings. The number of ether oxygens (including phenoxy) is 2. The van der Waals surface area contributed by atoms with Gasteiger partial charge >= 0.3 is 6.09 Å². The number of nitrogens with zero attached hydrogens (tertiary/aromatic N) is 2. The molecule has 0 saturated carbocycles. The molecule has 0 spiro atoms. The molecule has 1 saturated heterocycles. The van der Waals surface area contributed by atoms with Crippen LogP contribution in [0.5, 0.6) is 5.75 Å². The van der Waals surface area contributed by atoms with Gasteiger partial charge in [0.2, 0.25) is 0 Å². The summed E-state index contributed by atoms with van der Waals surface area (Å²) in [4.78, 5) is 15.3. The lowest BCUT2D eigenvalue weighted by atomic mass is 10.1. The molecule has 164 valence electrons. The molecule has 2 aromatic carbocycles. The summed E-state index contributed by atoms with van der Waals surface area (Å²) in [6.07, 6.45) is 5.63. The first-order valence-corrected chi connectivity index (χ1v) is 12.0. The second-order valence-electron chi connectivity index (χ2n) is 8.86. The number of carbonyl (C=O) groups excluding carboxylic acids is 1. The number of likely N-dealkylation sites (tertiary alicyclic amines) is 1. The largest absolute Gasteiger partial charge is 0.490 e. The maximum atomic E-state index is 12.3. The van der Waals surface area contributed by atoms with Crippen molar-refractivity contribution in [2.75, 3.05) is 19.3 Å². The van der Waals surface area contributed by atoms with Gasteiger partial charge in [-0.3, -0.25) is 0 Å². The molecule has 0 N–H and O–H groups in total. The molecule has 0 radical (unpaired) electrons. The van der Waals surface area contributed by atoms with E-state index in [1.807, 2.05) is 32.9 Å². The average Bonchev–Trinajstić information content (AvgIpc) is 3.18. The van der Waals surface area contributed by atoms with Gasteiger partial charge in [-0.05, 0) is 69.5 Å². The summed E-state index contributed by atoms with van der Waals surface area (Å²) in [5.74, 6) is 0.896. The fraction of sp³-hybridized carbons (Fsp3) is 0.400. The molecular weight excluding hydrogens is 408 g/mol. The van der Waals surface area contributed by atoms with Crippen LogP contribution in [0.2, 0.25) is 0 Å². The Morgan fingerprint density at radius 1 is 1.03 bits per heavy atom. The van der Waals surface area contributed by atoms with Gasteiger partial charge in [-0.2, -0.15) is 0 Å². The summed E-state index contributed by atoms with van der Waals surface area (Å²) in [6, 6.07) is 16.9. The second-order valence-corrected chi connectivity index (χ2v) is 9.74. The number of aromatic nitrogens is 1. The van der Waals surface area contributed by atoms with Crippen molar-refractivity contribution in [3.63, 3.8) is 0 Å². The topological polar surface area (TPSA) is 43.7 Å². The van der Waals surface area contributed by atoms with E-state index in [4.69, 9.17) is 9.47 Å². The highest BCUT2D eigenvalue weighted by atomic mass is 32.2. The Balaban J connectivity index is 1.45. The van der Waals surface area contributed by atoms with Gasteiger partial charge in [0.15, 0.2) is 0 Å². The zero-order chi connectivity index (χ0) is 22.0. The van der Waals surface area contributed by atoms with Gasteiger partial charge < -0.3 is 18.9 Å². The minimum atomic E-state index is -0.469. The molecule has 1 aliphatic heterocycles.